The van der Waals surface area contributed by atoms with Crippen LogP contribution in [-0.4, -0.2) is 62.9 Å². The van der Waals surface area contributed by atoms with Crippen LogP contribution in [0.4, 0.5) is 0 Å². The molecule has 10 nitrogen and oxygen atoms in total. The van der Waals surface area contributed by atoms with Crippen LogP contribution in [0.5, 0.6) is 0 Å². The zero-order valence-electron chi connectivity index (χ0n) is 68.4. The summed E-state index contributed by atoms with van der Waals surface area (Å²) >= 11 is 0. The molecule has 0 aliphatic carbocycles. The van der Waals surface area contributed by atoms with Gasteiger partial charge in [0.25, 0.3) is 0 Å². The molecular formula is C80H180O10. The Bertz CT molecular complexity index is 771. The molecule has 10 heteroatoms. The van der Waals surface area contributed by atoms with Crippen molar-refractivity contribution in [1.29, 1.82) is 0 Å². The van der Waals surface area contributed by atoms with Crippen molar-refractivity contribution in [2.75, 3.05) is 33.0 Å². The van der Waals surface area contributed by atoms with Crippen molar-refractivity contribution < 1.29 is 47.7 Å². The van der Waals surface area contributed by atoms with Crippen molar-refractivity contribution in [2.24, 2.45) is 0 Å². The Morgan fingerprint density at radius 3 is 0.211 bits per heavy atom. The van der Waals surface area contributed by atoms with E-state index in [-0.39, 0.29) is 29.8 Å². The molecule has 0 aromatic heterocycles. The summed E-state index contributed by atoms with van der Waals surface area (Å²) in [4.78, 5) is 49.1. The molecule has 0 aliphatic heterocycles. The van der Waals surface area contributed by atoms with Gasteiger partial charge < -0.3 is 23.7 Å². The summed E-state index contributed by atoms with van der Waals surface area (Å²) in [6, 6.07) is 0. The highest BCUT2D eigenvalue weighted by Gasteiger charge is 1.86. The fraction of sp³-hybridized carbons (Fsp3) is 0.938. The van der Waals surface area contributed by atoms with Crippen molar-refractivity contribution in [1.82, 2.24) is 0 Å². The van der Waals surface area contributed by atoms with E-state index in [9.17, 15) is 24.0 Å². The maximum absolute atomic E-state index is 9.82. The highest BCUT2D eigenvalue weighted by molar-refractivity contribution is 5.66. The van der Waals surface area contributed by atoms with Crippen molar-refractivity contribution >= 4 is 29.8 Å². The maximum atomic E-state index is 9.82. The molecule has 0 fully saturated rings. The van der Waals surface area contributed by atoms with E-state index in [0.717, 1.165) is 0 Å². The van der Waals surface area contributed by atoms with Crippen LogP contribution >= 0.6 is 0 Å². The molecule has 0 radical (unpaired) electrons. The van der Waals surface area contributed by atoms with Gasteiger partial charge in [-0.15, -0.1) is 0 Å². The summed E-state index contributed by atoms with van der Waals surface area (Å²) in [5.41, 5.74) is 0. The number of hydrogen-bond donors (Lipinski definition) is 0. The predicted molar refractivity (Wildman–Crippen MR) is 410 cm³/mol. The first-order chi connectivity index (χ1) is 43.0. The van der Waals surface area contributed by atoms with Crippen molar-refractivity contribution in [2.45, 2.75) is 465 Å². The van der Waals surface area contributed by atoms with Crippen LogP contribution in [0.1, 0.15) is 465 Å². The van der Waals surface area contributed by atoms with Crippen molar-refractivity contribution in [3.63, 3.8) is 0 Å². The standard InChI is InChI=1S/10C6H14.5C4H8O2/c10*1-3-5-6-4-2;5*1-3-6-4(2)5/h10*3-6H2,1-2H3;5*3H2,1-2H3. The van der Waals surface area contributed by atoms with E-state index < -0.39 is 0 Å². The van der Waals surface area contributed by atoms with Crippen LogP contribution in [-0.2, 0) is 47.7 Å². The summed E-state index contributed by atoms with van der Waals surface area (Å²) in [7, 11) is 0. The number of rotatable bonds is 35. The van der Waals surface area contributed by atoms with E-state index in [0.29, 0.717) is 33.0 Å². The molecule has 90 heavy (non-hydrogen) atoms. The molecule has 0 amide bonds. The lowest BCUT2D eigenvalue weighted by atomic mass is 10.2. The van der Waals surface area contributed by atoms with Gasteiger partial charge in [0.05, 0.1) is 33.0 Å². The monoisotopic (exact) mass is 1300 g/mol. The Morgan fingerprint density at radius 1 is 0.144 bits per heavy atom. The van der Waals surface area contributed by atoms with Gasteiger partial charge in [-0.3, -0.25) is 24.0 Å². The lowest BCUT2D eigenvalue weighted by Crippen LogP contribution is -1.95. The molecular weight excluding hydrogens is 1120 g/mol. The third kappa shape index (κ3) is 339. The first-order valence-corrected chi connectivity index (χ1v) is 38.7. The minimum atomic E-state index is -0.211. The SMILES string of the molecule is CCCCCC.CCCCCC.CCCCCC.CCCCCC.CCCCCC.CCCCCC.CCCCCC.CCCCCC.CCCCCC.CCCCCC.CCOC(C)=O.CCOC(C)=O.CCOC(C)=O.CCOC(C)=O.CCOC(C)=O. The average Bonchev–Trinajstić information content (AvgIpc) is 3.51. The second kappa shape index (κ2) is 162. The number of carbonyl (C=O) groups excluding carboxylic acids is 5. The Balaban J connectivity index is -0.0000000515. The normalized spacial score (nSPS) is 8.56. The third-order valence-corrected chi connectivity index (χ3v) is 11.3. The number of unbranched alkanes of at least 4 members (excludes halogenated alkanes) is 30. The molecule has 0 spiro atoms. The highest BCUT2D eigenvalue weighted by atomic mass is 16.5. The average molecular weight is 1300 g/mol. The van der Waals surface area contributed by atoms with Crippen LogP contribution < -0.4 is 0 Å². The minimum absolute atomic E-state index is 0.211. The van der Waals surface area contributed by atoms with Crippen molar-refractivity contribution in [3.8, 4) is 0 Å². The quantitative estimate of drug-likeness (QED) is 0.0343. The zero-order chi connectivity index (χ0) is 73.2. The Morgan fingerprint density at radius 2 is 0.200 bits per heavy atom. The molecule has 0 heterocycles. The first-order valence-electron chi connectivity index (χ1n) is 38.7. The van der Waals surface area contributed by atoms with Gasteiger partial charge in [-0.25, -0.2) is 0 Å². The molecule has 0 aromatic rings. The molecule has 0 saturated carbocycles. The van der Waals surface area contributed by atoms with Crippen molar-refractivity contribution in [3.05, 3.63) is 0 Å². The summed E-state index contributed by atoms with van der Waals surface area (Å²) in [5, 5.41) is 0. The van der Waals surface area contributed by atoms with Gasteiger partial charge in [0.2, 0.25) is 0 Å². The molecule has 0 aliphatic rings. The van der Waals surface area contributed by atoms with Crippen LogP contribution in [0.25, 0.3) is 0 Å². The molecule has 0 rings (SSSR count). The number of esters is 5. The number of hydrogen-bond acceptors (Lipinski definition) is 10. The molecule has 0 unspecified atom stereocenters. The molecule has 560 valence electrons. The summed E-state index contributed by atoms with van der Waals surface area (Å²) in [6.07, 6.45) is 55.4. The summed E-state index contributed by atoms with van der Waals surface area (Å²) in [5.74, 6) is -1.05. The predicted octanol–water partition coefficient (Wildman–Crippen LogP) is 28.7. The van der Waals surface area contributed by atoms with Gasteiger partial charge in [0.15, 0.2) is 0 Å². The van der Waals surface area contributed by atoms with E-state index in [4.69, 9.17) is 0 Å². The molecule has 0 bridgehead atoms. The molecule has 0 atom stereocenters. The Hall–Kier alpha value is -2.65. The van der Waals surface area contributed by atoms with Gasteiger partial charge in [0, 0.05) is 34.6 Å². The zero-order valence-corrected chi connectivity index (χ0v) is 68.4. The lowest BCUT2D eigenvalue weighted by molar-refractivity contribution is -0.141. The van der Waals surface area contributed by atoms with E-state index in [1.807, 2.05) is 0 Å². The number of ether oxygens (including phenoxy) is 5. The van der Waals surface area contributed by atoms with E-state index in [1.165, 1.54) is 291 Å². The van der Waals surface area contributed by atoms with Gasteiger partial charge in [-0.2, -0.15) is 0 Å². The second-order valence-electron chi connectivity index (χ2n) is 21.7. The minimum Gasteiger partial charge on any atom is -0.466 e. The fourth-order valence-corrected chi connectivity index (χ4v) is 6.02. The molecule has 0 N–H and O–H groups in total. The highest BCUT2D eigenvalue weighted by Crippen LogP contribution is 2.00. The molecule has 0 saturated heterocycles. The Labute approximate surface area is 572 Å². The lowest BCUT2D eigenvalue weighted by Gasteiger charge is -1.89. The number of carbonyl (C=O) groups is 5. The van der Waals surface area contributed by atoms with Gasteiger partial charge in [-0.1, -0.05) is 395 Å². The van der Waals surface area contributed by atoms with Gasteiger partial charge in [0.1, 0.15) is 0 Å². The van der Waals surface area contributed by atoms with Crippen LogP contribution in [0.3, 0.4) is 0 Å². The van der Waals surface area contributed by atoms with Crippen LogP contribution in [0.15, 0.2) is 0 Å². The van der Waals surface area contributed by atoms with Crippen LogP contribution in [0, 0.1) is 0 Å². The molecule has 0 aromatic carbocycles. The summed E-state index contributed by atoms with van der Waals surface area (Å²) in [6.45, 7) is 62.9. The summed E-state index contributed by atoms with van der Waals surface area (Å²) < 4.78 is 22.0. The van der Waals surface area contributed by atoms with E-state index in [2.05, 4.69) is 162 Å². The Kier molecular flexibility index (Phi) is 224. The van der Waals surface area contributed by atoms with Crippen LogP contribution in [0.2, 0.25) is 0 Å². The second-order valence-corrected chi connectivity index (χ2v) is 21.7. The third-order valence-electron chi connectivity index (χ3n) is 11.3. The largest absolute Gasteiger partial charge is 0.466 e. The van der Waals surface area contributed by atoms with Gasteiger partial charge >= 0.3 is 29.8 Å². The van der Waals surface area contributed by atoms with E-state index in [1.54, 1.807) is 34.6 Å². The first kappa shape index (κ1) is 124. The topological polar surface area (TPSA) is 132 Å². The smallest absolute Gasteiger partial charge is 0.302 e. The van der Waals surface area contributed by atoms with E-state index >= 15 is 0 Å². The fourth-order valence-electron chi connectivity index (χ4n) is 6.02. The maximum Gasteiger partial charge on any atom is 0.302 e. The van der Waals surface area contributed by atoms with Gasteiger partial charge in [-0.05, 0) is 34.6 Å².